The highest BCUT2D eigenvalue weighted by atomic mass is 19.1. The van der Waals surface area contributed by atoms with E-state index in [-0.39, 0.29) is 17.6 Å². The van der Waals surface area contributed by atoms with Crippen molar-refractivity contribution in [2.75, 3.05) is 13.2 Å². The summed E-state index contributed by atoms with van der Waals surface area (Å²) >= 11 is 0. The molecule has 3 nitrogen and oxygen atoms in total. The van der Waals surface area contributed by atoms with Crippen LogP contribution in [-0.4, -0.2) is 35.2 Å². The van der Waals surface area contributed by atoms with Crippen molar-refractivity contribution in [3.63, 3.8) is 0 Å². The fourth-order valence-electron chi connectivity index (χ4n) is 5.48. The Balaban J connectivity index is 1.72. The summed E-state index contributed by atoms with van der Waals surface area (Å²) in [5, 5.41) is 1.15. The average Bonchev–Trinajstić information content (AvgIpc) is 3.12. The molecule has 0 aliphatic carbocycles. The molecule has 0 saturated carbocycles. The second-order valence-electron chi connectivity index (χ2n) is 8.71. The normalized spacial score (nSPS) is 23.0. The maximum absolute atomic E-state index is 15.5. The highest BCUT2D eigenvalue weighted by Gasteiger charge is 2.42. The minimum absolute atomic E-state index is 0.138. The minimum Gasteiger partial charge on any atom is -0.381 e. The SMILES string of the molecule is C/C=C/c1cc(F)c([C@@H]2c3[nH]c4ccccc4c3C[C@@H](C)N2C2CCOCC2)c(F)c1. The highest BCUT2D eigenvalue weighted by Crippen LogP contribution is 2.44. The van der Waals surface area contributed by atoms with Crippen molar-refractivity contribution in [3.05, 3.63) is 76.5 Å². The molecule has 162 valence electrons. The molecular formula is C26H28F2N2O. The van der Waals surface area contributed by atoms with Gasteiger partial charge in [-0.25, -0.2) is 8.78 Å². The smallest absolute Gasteiger partial charge is 0.131 e. The number of benzene rings is 2. The van der Waals surface area contributed by atoms with E-state index < -0.39 is 17.7 Å². The number of ether oxygens (including phenoxy) is 1. The van der Waals surface area contributed by atoms with Crippen molar-refractivity contribution in [2.24, 2.45) is 0 Å². The van der Waals surface area contributed by atoms with Crippen LogP contribution in [0.3, 0.4) is 0 Å². The summed E-state index contributed by atoms with van der Waals surface area (Å²) in [5.41, 5.74) is 3.79. The molecule has 2 aliphatic heterocycles. The third-order valence-electron chi connectivity index (χ3n) is 6.77. The van der Waals surface area contributed by atoms with Crippen LogP contribution in [0.4, 0.5) is 8.78 Å². The van der Waals surface area contributed by atoms with Crippen LogP contribution in [0, 0.1) is 11.6 Å². The number of nitrogens with one attached hydrogen (secondary N) is 1. The predicted molar refractivity (Wildman–Crippen MR) is 120 cm³/mol. The highest BCUT2D eigenvalue weighted by molar-refractivity contribution is 5.85. The lowest BCUT2D eigenvalue weighted by atomic mass is 9.85. The van der Waals surface area contributed by atoms with Gasteiger partial charge < -0.3 is 9.72 Å². The van der Waals surface area contributed by atoms with Crippen LogP contribution in [0.15, 0.2) is 42.5 Å². The summed E-state index contributed by atoms with van der Waals surface area (Å²) in [4.78, 5) is 5.86. The summed E-state index contributed by atoms with van der Waals surface area (Å²) in [6.45, 7) is 5.39. The first-order valence-electron chi connectivity index (χ1n) is 11.1. The van der Waals surface area contributed by atoms with Crippen molar-refractivity contribution in [2.45, 2.75) is 51.2 Å². The molecule has 0 amide bonds. The number of nitrogens with zero attached hydrogens (tertiary/aromatic N) is 1. The topological polar surface area (TPSA) is 28.3 Å². The molecule has 31 heavy (non-hydrogen) atoms. The summed E-state index contributed by atoms with van der Waals surface area (Å²) in [6, 6.07) is 10.9. The zero-order valence-corrected chi connectivity index (χ0v) is 18.0. The molecular weight excluding hydrogens is 394 g/mol. The van der Waals surface area contributed by atoms with Gasteiger partial charge >= 0.3 is 0 Å². The largest absolute Gasteiger partial charge is 0.381 e. The van der Waals surface area contributed by atoms with Gasteiger partial charge in [0.1, 0.15) is 11.6 Å². The zero-order valence-electron chi connectivity index (χ0n) is 18.0. The van der Waals surface area contributed by atoms with Crippen LogP contribution in [0.5, 0.6) is 0 Å². The number of halogens is 2. The number of allylic oxidation sites excluding steroid dienone is 1. The second kappa shape index (κ2) is 8.21. The summed E-state index contributed by atoms with van der Waals surface area (Å²) in [5.74, 6) is -0.984. The molecule has 5 heteroatoms. The van der Waals surface area contributed by atoms with Crippen LogP contribution >= 0.6 is 0 Å². The maximum atomic E-state index is 15.5. The molecule has 3 heterocycles. The molecule has 0 unspecified atom stereocenters. The molecule has 2 aliphatic rings. The minimum atomic E-state index is -0.492. The molecule has 2 atom stereocenters. The van der Waals surface area contributed by atoms with E-state index in [1.807, 2.05) is 25.1 Å². The first kappa shape index (κ1) is 20.4. The number of hydrogen-bond donors (Lipinski definition) is 1. The summed E-state index contributed by atoms with van der Waals surface area (Å²) < 4.78 is 36.6. The molecule has 1 aromatic heterocycles. The van der Waals surface area contributed by atoms with Gasteiger partial charge in [-0.15, -0.1) is 0 Å². The molecule has 0 spiro atoms. The summed E-state index contributed by atoms with van der Waals surface area (Å²) in [7, 11) is 0. The third kappa shape index (κ3) is 3.50. The van der Waals surface area contributed by atoms with E-state index in [1.54, 1.807) is 12.2 Å². The van der Waals surface area contributed by atoms with Gasteiger partial charge in [0.25, 0.3) is 0 Å². The Hall–Kier alpha value is -2.50. The van der Waals surface area contributed by atoms with Gasteiger partial charge in [0.15, 0.2) is 0 Å². The van der Waals surface area contributed by atoms with Gasteiger partial charge in [0.2, 0.25) is 0 Å². The molecule has 1 N–H and O–H groups in total. The number of fused-ring (bicyclic) bond motifs is 3. The Morgan fingerprint density at radius 3 is 2.52 bits per heavy atom. The van der Waals surface area contributed by atoms with Crippen LogP contribution < -0.4 is 0 Å². The zero-order chi connectivity index (χ0) is 21.5. The predicted octanol–water partition coefficient (Wildman–Crippen LogP) is 5.99. The number of para-hydroxylation sites is 1. The van der Waals surface area contributed by atoms with E-state index in [9.17, 15) is 0 Å². The van der Waals surface area contributed by atoms with Gasteiger partial charge in [-0.2, -0.15) is 0 Å². The lowest BCUT2D eigenvalue weighted by molar-refractivity contribution is -0.000670. The van der Waals surface area contributed by atoms with Crippen molar-refractivity contribution in [1.29, 1.82) is 0 Å². The molecule has 5 rings (SSSR count). The van der Waals surface area contributed by atoms with Gasteiger partial charge in [-0.05, 0) is 62.4 Å². The quantitative estimate of drug-likeness (QED) is 0.561. The van der Waals surface area contributed by atoms with E-state index in [1.165, 1.54) is 17.7 Å². The molecule has 2 aromatic carbocycles. The molecule has 0 radical (unpaired) electrons. The Labute approximate surface area is 181 Å². The monoisotopic (exact) mass is 422 g/mol. The Morgan fingerprint density at radius 2 is 1.81 bits per heavy atom. The van der Waals surface area contributed by atoms with Gasteiger partial charge in [0, 0.05) is 47.5 Å². The summed E-state index contributed by atoms with van der Waals surface area (Å²) in [6.07, 6.45) is 6.12. The molecule has 1 fully saturated rings. The standard InChI is InChI=1S/C26H28F2N2O/c1-3-6-17-14-21(27)24(22(28)15-17)26-25-20(19-7-4-5-8-23(19)29-25)13-16(2)30(26)18-9-11-31-12-10-18/h3-8,14-16,18,26,29H,9-13H2,1-2H3/b6-3+/t16-,26-/m1/s1. The van der Waals surface area contributed by atoms with E-state index in [0.29, 0.717) is 18.8 Å². The van der Waals surface area contributed by atoms with Gasteiger partial charge in [-0.1, -0.05) is 30.4 Å². The third-order valence-corrected chi connectivity index (χ3v) is 6.77. The van der Waals surface area contributed by atoms with Crippen LogP contribution in [0.25, 0.3) is 17.0 Å². The molecule has 3 aromatic rings. The number of hydrogen-bond acceptors (Lipinski definition) is 2. The Kier molecular flexibility index (Phi) is 5.40. The van der Waals surface area contributed by atoms with Crippen molar-refractivity contribution in [3.8, 4) is 0 Å². The van der Waals surface area contributed by atoms with E-state index >= 15 is 8.78 Å². The van der Waals surface area contributed by atoms with Gasteiger partial charge in [-0.3, -0.25) is 4.90 Å². The van der Waals surface area contributed by atoms with Crippen molar-refractivity contribution < 1.29 is 13.5 Å². The van der Waals surface area contributed by atoms with Gasteiger partial charge in [0.05, 0.1) is 6.04 Å². The number of aromatic nitrogens is 1. The molecule has 0 bridgehead atoms. The van der Waals surface area contributed by atoms with E-state index in [4.69, 9.17) is 4.74 Å². The Morgan fingerprint density at radius 1 is 1.10 bits per heavy atom. The maximum Gasteiger partial charge on any atom is 0.131 e. The van der Waals surface area contributed by atoms with Crippen molar-refractivity contribution in [1.82, 2.24) is 9.88 Å². The number of aromatic amines is 1. The van der Waals surface area contributed by atoms with Crippen LogP contribution in [0.1, 0.15) is 55.1 Å². The fraction of sp³-hybridized carbons (Fsp3) is 0.385. The second-order valence-corrected chi connectivity index (χ2v) is 8.71. The first-order chi connectivity index (χ1) is 15.1. The average molecular weight is 423 g/mol. The number of rotatable bonds is 3. The van der Waals surface area contributed by atoms with Crippen LogP contribution in [-0.2, 0) is 11.2 Å². The lowest BCUT2D eigenvalue weighted by Crippen LogP contribution is -2.50. The van der Waals surface area contributed by atoms with Crippen LogP contribution in [0.2, 0.25) is 0 Å². The van der Waals surface area contributed by atoms with E-state index in [2.05, 4.69) is 22.9 Å². The molecule has 1 saturated heterocycles. The number of H-pyrrole nitrogens is 1. The van der Waals surface area contributed by atoms with E-state index in [0.717, 1.165) is 35.9 Å². The lowest BCUT2D eigenvalue weighted by Gasteiger charge is -2.46. The van der Waals surface area contributed by atoms with Crippen molar-refractivity contribution >= 4 is 17.0 Å². The Bertz CT molecular complexity index is 1110. The first-order valence-corrected chi connectivity index (χ1v) is 11.1. The fourth-order valence-corrected chi connectivity index (χ4v) is 5.48.